The van der Waals surface area contributed by atoms with Crippen LogP contribution in [0.4, 0.5) is 0 Å². The molecule has 0 radical (unpaired) electrons. The molecular formula is C15H20BrNO2. The van der Waals surface area contributed by atoms with E-state index in [1.54, 1.807) is 7.11 Å². The van der Waals surface area contributed by atoms with E-state index >= 15 is 0 Å². The standard InChI is InChI=1S/C15H20BrNO2/c1-19-12-6-9-17(10-7-12)11-8-15(18)13-4-2-3-5-14(13)16/h2-5,12H,6-11H2,1H3. The Labute approximate surface area is 123 Å². The first-order valence-corrected chi connectivity index (χ1v) is 7.53. The van der Waals surface area contributed by atoms with E-state index in [0.29, 0.717) is 12.5 Å². The molecule has 0 aliphatic carbocycles. The Kier molecular flexibility index (Phi) is 5.55. The maximum atomic E-state index is 12.1. The monoisotopic (exact) mass is 325 g/mol. The summed E-state index contributed by atoms with van der Waals surface area (Å²) in [6.07, 6.45) is 3.12. The number of ketones is 1. The summed E-state index contributed by atoms with van der Waals surface area (Å²) in [6, 6.07) is 7.62. The second-order valence-corrected chi connectivity index (χ2v) is 5.78. The van der Waals surface area contributed by atoms with Crippen LogP contribution in [0.3, 0.4) is 0 Å². The lowest BCUT2D eigenvalue weighted by atomic mass is 10.1. The zero-order valence-corrected chi connectivity index (χ0v) is 12.9. The van der Waals surface area contributed by atoms with Gasteiger partial charge in [0.15, 0.2) is 5.78 Å². The van der Waals surface area contributed by atoms with E-state index in [0.717, 1.165) is 42.5 Å². The Morgan fingerprint density at radius 2 is 2.05 bits per heavy atom. The predicted octanol–water partition coefficient (Wildman–Crippen LogP) is 3.13. The van der Waals surface area contributed by atoms with Crippen LogP contribution >= 0.6 is 15.9 Å². The molecule has 1 aromatic carbocycles. The van der Waals surface area contributed by atoms with Gasteiger partial charge >= 0.3 is 0 Å². The number of hydrogen-bond acceptors (Lipinski definition) is 3. The molecule has 0 aromatic heterocycles. The van der Waals surface area contributed by atoms with Crippen LogP contribution in [0, 0.1) is 0 Å². The van der Waals surface area contributed by atoms with Crippen molar-refractivity contribution in [3.8, 4) is 0 Å². The molecule has 0 amide bonds. The topological polar surface area (TPSA) is 29.5 Å². The van der Waals surface area contributed by atoms with E-state index in [-0.39, 0.29) is 5.78 Å². The van der Waals surface area contributed by atoms with Crippen LogP contribution in [0.2, 0.25) is 0 Å². The van der Waals surface area contributed by atoms with Crippen molar-refractivity contribution in [2.45, 2.75) is 25.4 Å². The fourth-order valence-corrected chi connectivity index (χ4v) is 2.96. The Bertz CT molecular complexity index is 428. The average Bonchev–Trinajstić information content (AvgIpc) is 2.46. The number of benzene rings is 1. The minimum absolute atomic E-state index is 0.210. The zero-order valence-electron chi connectivity index (χ0n) is 11.3. The van der Waals surface area contributed by atoms with Gasteiger partial charge in [0.1, 0.15) is 0 Å². The van der Waals surface area contributed by atoms with E-state index in [9.17, 15) is 4.79 Å². The Hall–Kier alpha value is -0.710. The number of carbonyl (C=O) groups excluding carboxylic acids is 1. The number of nitrogens with zero attached hydrogens (tertiary/aromatic N) is 1. The lowest BCUT2D eigenvalue weighted by Gasteiger charge is -2.30. The molecule has 1 aromatic rings. The van der Waals surface area contributed by atoms with Crippen molar-refractivity contribution in [1.82, 2.24) is 4.90 Å². The highest BCUT2D eigenvalue weighted by Crippen LogP contribution is 2.18. The molecule has 1 heterocycles. The first kappa shape index (κ1) is 14.7. The Balaban J connectivity index is 1.80. The molecule has 1 aliphatic rings. The number of halogens is 1. The Morgan fingerprint density at radius 3 is 2.68 bits per heavy atom. The van der Waals surface area contributed by atoms with Crippen LogP contribution in [0.1, 0.15) is 29.6 Å². The summed E-state index contributed by atoms with van der Waals surface area (Å²) in [5, 5.41) is 0. The molecule has 1 saturated heterocycles. The quantitative estimate of drug-likeness (QED) is 0.779. The zero-order chi connectivity index (χ0) is 13.7. The summed E-state index contributed by atoms with van der Waals surface area (Å²) in [7, 11) is 1.77. The number of likely N-dealkylation sites (tertiary alicyclic amines) is 1. The van der Waals surface area contributed by atoms with E-state index < -0.39 is 0 Å². The van der Waals surface area contributed by atoms with Gasteiger partial charge < -0.3 is 9.64 Å². The lowest BCUT2D eigenvalue weighted by molar-refractivity contribution is 0.0406. The first-order chi connectivity index (χ1) is 9.20. The summed E-state index contributed by atoms with van der Waals surface area (Å²) in [4.78, 5) is 14.5. The van der Waals surface area contributed by atoms with Gasteiger partial charge in [0.25, 0.3) is 0 Å². The van der Waals surface area contributed by atoms with E-state index in [2.05, 4.69) is 20.8 Å². The lowest BCUT2D eigenvalue weighted by Crippen LogP contribution is -2.37. The third-order valence-corrected chi connectivity index (χ3v) is 4.39. The minimum atomic E-state index is 0.210. The maximum Gasteiger partial charge on any atom is 0.165 e. The van der Waals surface area contributed by atoms with Crippen LogP contribution in [0.25, 0.3) is 0 Å². The van der Waals surface area contributed by atoms with Crippen LogP contribution in [-0.2, 0) is 4.74 Å². The molecule has 19 heavy (non-hydrogen) atoms. The van der Waals surface area contributed by atoms with E-state index in [4.69, 9.17) is 4.74 Å². The van der Waals surface area contributed by atoms with Crippen LogP contribution in [-0.4, -0.2) is 43.5 Å². The smallest absolute Gasteiger partial charge is 0.165 e. The highest BCUT2D eigenvalue weighted by Gasteiger charge is 2.19. The summed E-state index contributed by atoms with van der Waals surface area (Å²) < 4.78 is 6.24. The van der Waals surface area contributed by atoms with Crippen LogP contribution in [0.5, 0.6) is 0 Å². The first-order valence-electron chi connectivity index (χ1n) is 6.73. The third-order valence-electron chi connectivity index (χ3n) is 3.70. The molecule has 1 fully saturated rings. The molecule has 0 bridgehead atoms. The molecule has 1 aliphatic heterocycles. The van der Waals surface area contributed by atoms with Crippen LogP contribution in [0.15, 0.2) is 28.7 Å². The second kappa shape index (κ2) is 7.17. The van der Waals surface area contributed by atoms with E-state index in [1.807, 2.05) is 24.3 Å². The predicted molar refractivity (Wildman–Crippen MR) is 79.6 cm³/mol. The van der Waals surface area contributed by atoms with E-state index in [1.165, 1.54) is 0 Å². The Morgan fingerprint density at radius 1 is 1.37 bits per heavy atom. The number of rotatable bonds is 5. The second-order valence-electron chi connectivity index (χ2n) is 4.93. The van der Waals surface area contributed by atoms with Crippen molar-refractivity contribution >= 4 is 21.7 Å². The number of ether oxygens (including phenoxy) is 1. The molecule has 0 spiro atoms. The molecule has 2 rings (SSSR count). The third kappa shape index (κ3) is 4.13. The van der Waals surface area contributed by atoms with Gasteiger partial charge in [-0.2, -0.15) is 0 Å². The van der Waals surface area contributed by atoms with Gasteiger partial charge in [0.2, 0.25) is 0 Å². The number of carbonyl (C=O) groups is 1. The van der Waals surface area contributed by atoms with Crippen molar-refractivity contribution in [1.29, 1.82) is 0 Å². The van der Waals surface area contributed by atoms with Crippen molar-refractivity contribution in [3.63, 3.8) is 0 Å². The van der Waals surface area contributed by atoms with Gasteiger partial charge in [0.05, 0.1) is 6.10 Å². The molecule has 104 valence electrons. The largest absolute Gasteiger partial charge is 0.381 e. The van der Waals surface area contributed by atoms with Gasteiger partial charge in [-0.1, -0.05) is 34.1 Å². The average molecular weight is 326 g/mol. The summed E-state index contributed by atoms with van der Waals surface area (Å²) in [5.74, 6) is 0.210. The SMILES string of the molecule is COC1CCN(CCC(=O)c2ccccc2Br)CC1. The van der Waals surface area contributed by atoms with Gasteiger partial charge in [-0.25, -0.2) is 0 Å². The highest BCUT2D eigenvalue weighted by atomic mass is 79.9. The highest BCUT2D eigenvalue weighted by molar-refractivity contribution is 9.10. The molecule has 4 heteroatoms. The fourth-order valence-electron chi connectivity index (χ4n) is 2.45. The number of methoxy groups -OCH3 is 1. The normalized spacial score (nSPS) is 17.6. The summed E-state index contributed by atoms with van der Waals surface area (Å²) in [5.41, 5.74) is 0.786. The molecular weight excluding hydrogens is 306 g/mol. The molecule has 0 atom stereocenters. The number of piperidine rings is 1. The van der Waals surface area contributed by atoms with Gasteiger partial charge in [0, 0.05) is 43.2 Å². The summed E-state index contributed by atoms with van der Waals surface area (Å²) in [6.45, 7) is 2.90. The van der Waals surface area contributed by atoms with Gasteiger partial charge in [-0.3, -0.25) is 4.79 Å². The molecule has 3 nitrogen and oxygen atoms in total. The van der Waals surface area contributed by atoms with Crippen molar-refractivity contribution < 1.29 is 9.53 Å². The minimum Gasteiger partial charge on any atom is -0.381 e. The van der Waals surface area contributed by atoms with Crippen molar-refractivity contribution in [2.24, 2.45) is 0 Å². The number of Topliss-reactive ketones (excluding diaryl/α,β-unsaturated/α-hetero) is 1. The number of hydrogen-bond donors (Lipinski definition) is 0. The van der Waals surface area contributed by atoms with Crippen molar-refractivity contribution in [2.75, 3.05) is 26.7 Å². The maximum absolute atomic E-state index is 12.1. The van der Waals surface area contributed by atoms with Gasteiger partial charge in [-0.05, 0) is 18.9 Å². The molecule has 0 saturated carbocycles. The summed E-state index contributed by atoms with van der Waals surface area (Å²) >= 11 is 3.43. The van der Waals surface area contributed by atoms with Gasteiger partial charge in [-0.15, -0.1) is 0 Å². The van der Waals surface area contributed by atoms with Crippen molar-refractivity contribution in [3.05, 3.63) is 34.3 Å². The van der Waals surface area contributed by atoms with Crippen LogP contribution < -0.4 is 0 Å². The molecule has 0 N–H and O–H groups in total. The fraction of sp³-hybridized carbons (Fsp3) is 0.533. The molecule has 0 unspecified atom stereocenters.